The van der Waals surface area contributed by atoms with Crippen molar-refractivity contribution >= 4 is 12.3 Å². The van der Waals surface area contributed by atoms with E-state index in [1.807, 2.05) is 24.3 Å². The second-order valence-electron chi connectivity index (χ2n) is 6.29. The van der Waals surface area contributed by atoms with Gasteiger partial charge in [-0.25, -0.2) is 9.18 Å². The van der Waals surface area contributed by atoms with Gasteiger partial charge >= 0.3 is 6.09 Å². The first-order valence-electron chi connectivity index (χ1n) is 7.43. The Labute approximate surface area is 130 Å². The van der Waals surface area contributed by atoms with Gasteiger partial charge in [-0.3, -0.25) is 0 Å². The number of hydrogen-bond acceptors (Lipinski definition) is 3. The van der Waals surface area contributed by atoms with Crippen LogP contribution in [0.25, 0.3) is 0 Å². The van der Waals surface area contributed by atoms with Crippen LogP contribution >= 0.6 is 0 Å². The average Bonchev–Trinajstić information content (AvgIpc) is 2.78. The number of carbonyl (C=O) groups excluding carboxylic acids is 1. The number of alkyl halides is 1. The zero-order chi connectivity index (χ0) is 16.2. The summed E-state index contributed by atoms with van der Waals surface area (Å²) < 4.78 is 23.1. The Hall–Kier alpha value is -1.75. The largest absolute Gasteiger partial charge is 0.442 e. The lowest BCUT2D eigenvalue weighted by Gasteiger charge is -2.18. The van der Waals surface area contributed by atoms with Crippen LogP contribution in [0.2, 0.25) is 0 Å². The van der Waals surface area contributed by atoms with Gasteiger partial charge in [0.25, 0.3) is 0 Å². The molecule has 1 aliphatic rings. The summed E-state index contributed by atoms with van der Waals surface area (Å²) in [6, 6.07) is 7.89. The summed E-state index contributed by atoms with van der Waals surface area (Å²) in [5.74, 6) is -0.157. The van der Waals surface area contributed by atoms with Crippen LogP contribution in [-0.4, -0.2) is 37.3 Å². The summed E-state index contributed by atoms with van der Waals surface area (Å²) in [7, 11) is 0. The van der Waals surface area contributed by atoms with Crippen molar-refractivity contribution < 1.29 is 18.7 Å². The quantitative estimate of drug-likeness (QED) is 0.797. The maximum atomic E-state index is 12.4. The van der Waals surface area contributed by atoms with Crippen LogP contribution in [-0.2, 0) is 15.9 Å². The van der Waals surface area contributed by atoms with Crippen molar-refractivity contribution in [2.45, 2.75) is 44.8 Å². The van der Waals surface area contributed by atoms with Gasteiger partial charge in [-0.05, 0) is 38.3 Å². The van der Waals surface area contributed by atoms with Crippen LogP contribution in [0.1, 0.15) is 37.8 Å². The topological polar surface area (TPSA) is 47.9 Å². The van der Waals surface area contributed by atoms with E-state index in [1.165, 1.54) is 0 Å². The van der Waals surface area contributed by atoms with Crippen molar-refractivity contribution in [1.82, 2.24) is 0 Å². The zero-order valence-electron chi connectivity index (χ0n) is 13.2. The van der Waals surface area contributed by atoms with Crippen LogP contribution in [0, 0.1) is 0 Å². The van der Waals surface area contributed by atoms with Crippen LogP contribution in [0.5, 0.6) is 0 Å². The molecule has 0 heterocycles. The SMILES string of the molecule is CC(C)(C)OC(=O)N=CC1c2ccccc2C[C@@H]1OCCF. The number of ether oxygens (including phenoxy) is 2. The Bertz CT molecular complexity index is 551. The predicted octanol–water partition coefficient (Wildman–Crippen LogP) is 3.69. The highest BCUT2D eigenvalue weighted by Crippen LogP contribution is 2.34. The molecule has 0 radical (unpaired) electrons. The predicted molar refractivity (Wildman–Crippen MR) is 83.3 cm³/mol. The number of fused-ring (bicyclic) bond motifs is 1. The lowest BCUT2D eigenvalue weighted by molar-refractivity contribution is 0.0463. The van der Waals surface area contributed by atoms with Crippen molar-refractivity contribution in [3.05, 3.63) is 35.4 Å². The molecule has 0 spiro atoms. The van der Waals surface area contributed by atoms with E-state index in [9.17, 15) is 9.18 Å². The summed E-state index contributed by atoms with van der Waals surface area (Å²) in [5.41, 5.74) is 1.64. The lowest BCUT2D eigenvalue weighted by atomic mass is 10.0. The van der Waals surface area contributed by atoms with Gasteiger partial charge < -0.3 is 9.47 Å². The van der Waals surface area contributed by atoms with Crippen molar-refractivity contribution in [2.75, 3.05) is 13.3 Å². The van der Waals surface area contributed by atoms with Gasteiger partial charge in [0.2, 0.25) is 0 Å². The monoisotopic (exact) mass is 307 g/mol. The second kappa shape index (κ2) is 7.01. The Morgan fingerprint density at radius 1 is 1.41 bits per heavy atom. The lowest BCUT2D eigenvalue weighted by Crippen LogP contribution is -2.24. The van der Waals surface area contributed by atoms with Crippen molar-refractivity contribution in [1.29, 1.82) is 0 Å². The van der Waals surface area contributed by atoms with E-state index in [2.05, 4.69) is 4.99 Å². The Balaban J connectivity index is 2.12. The van der Waals surface area contributed by atoms with E-state index in [0.717, 1.165) is 11.1 Å². The molecule has 4 nitrogen and oxygen atoms in total. The van der Waals surface area contributed by atoms with E-state index in [-0.39, 0.29) is 18.6 Å². The fourth-order valence-corrected chi connectivity index (χ4v) is 2.55. The molecule has 2 atom stereocenters. The Morgan fingerprint density at radius 3 is 2.82 bits per heavy atom. The molecule has 0 aliphatic heterocycles. The Kier molecular flexibility index (Phi) is 5.29. The molecule has 5 heteroatoms. The third-order valence-electron chi connectivity index (χ3n) is 3.38. The average molecular weight is 307 g/mol. The summed E-state index contributed by atoms with van der Waals surface area (Å²) >= 11 is 0. The minimum Gasteiger partial charge on any atom is -0.442 e. The fraction of sp³-hybridized carbons (Fsp3) is 0.529. The molecule has 0 saturated heterocycles. The zero-order valence-corrected chi connectivity index (χ0v) is 13.2. The first-order valence-corrected chi connectivity index (χ1v) is 7.43. The number of carbonyl (C=O) groups is 1. The highest BCUT2D eigenvalue weighted by molar-refractivity contribution is 5.84. The van der Waals surface area contributed by atoms with Gasteiger partial charge in [0.1, 0.15) is 12.3 Å². The number of halogens is 1. The van der Waals surface area contributed by atoms with E-state index in [1.54, 1.807) is 27.0 Å². The normalized spacial score (nSPS) is 21.1. The van der Waals surface area contributed by atoms with E-state index in [0.29, 0.717) is 6.42 Å². The fourth-order valence-electron chi connectivity index (χ4n) is 2.55. The van der Waals surface area contributed by atoms with Crippen LogP contribution in [0.3, 0.4) is 0 Å². The van der Waals surface area contributed by atoms with Gasteiger partial charge in [-0.15, -0.1) is 0 Å². The van der Waals surface area contributed by atoms with Crippen molar-refractivity contribution in [3.8, 4) is 0 Å². The molecule has 1 aromatic carbocycles. The number of aliphatic imine (C=N–C) groups is 1. The molecule has 0 N–H and O–H groups in total. The summed E-state index contributed by atoms with van der Waals surface area (Å²) in [4.78, 5) is 15.6. The van der Waals surface area contributed by atoms with Crippen LogP contribution in [0.15, 0.2) is 29.3 Å². The van der Waals surface area contributed by atoms with Crippen LogP contribution < -0.4 is 0 Å². The molecular weight excluding hydrogens is 285 g/mol. The van der Waals surface area contributed by atoms with Gasteiger partial charge in [0.15, 0.2) is 0 Å². The maximum absolute atomic E-state index is 12.4. The Morgan fingerprint density at radius 2 is 2.14 bits per heavy atom. The molecule has 0 saturated carbocycles. The molecule has 0 fully saturated rings. The van der Waals surface area contributed by atoms with Gasteiger partial charge in [-0.2, -0.15) is 4.99 Å². The van der Waals surface area contributed by atoms with Crippen LogP contribution in [0.4, 0.5) is 9.18 Å². The van der Waals surface area contributed by atoms with Crippen molar-refractivity contribution in [2.24, 2.45) is 4.99 Å². The van der Waals surface area contributed by atoms with Gasteiger partial charge in [0, 0.05) is 12.1 Å². The first-order chi connectivity index (χ1) is 10.4. The van der Waals surface area contributed by atoms with Gasteiger partial charge in [-0.1, -0.05) is 24.3 Å². The van der Waals surface area contributed by atoms with Crippen molar-refractivity contribution in [3.63, 3.8) is 0 Å². The number of rotatable bonds is 4. The molecule has 1 unspecified atom stereocenters. The maximum Gasteiger partial charge on any atom is 0.433 e. The minimum absolute atomic E-state index is 0.0510. The molecule has 0 bridgehead atoms. The van der Waals surface area contributed by atoms with Gasteiger partial charge in [0.05, 0.1) is 12.7 Å². The van der Waals surface area contributed by atoms with E-state index >= 15 is 0 Å². The molecule has 2 rings (SSSR count). The van der Waals surface area contributed by atoms with E-state index in [4.69, 9.17) is 9.47 Å². The number of benzene rings is 1. The third kappa shape index (κ3) is 4.37. The minimum atomic E-state index is -0.624. The standard InChI is InChI=1S/C17H22FNO3/c1-17(2,3)22-16(20)19-11-14-13-7-5-4-6-12(13)10-15(14)21-9-8-18/h4-7,11,14-15H,8-10H2,1-3H3/t14?,15-/m0/s1. The second-order valence-corrected chi connectivity index (χ2v) is 6.29. The highest BCUT2D eigenvalue weighted by Gasteiger charge is 2.32. The molecule has 1 aliphatic carbocycles. The summed E-state index contributed by atoms with van der Waals surface area (Å²) in [6.07, 6.45) is 1.43. The number of nitrogens with zero attached hydrogens (tertiary/aromatic N) is 1. The third-order valence-corrected chi connectivity index (χ3v) is 3.38. The first kappa shape index (κ1) is 16.6. The number of hydrogen-bond donors (Lipinski definition) is 0. The molecule has 0 aromatic heterocycles. The summed E-state index contributed by atoms with van der Waals surface area (Å²) in [6.45, 7) is 4.90. The molecule has 1 aromatic rings. The van der Waals surface area contributed by atoms with E-state index < -0.39 is 18.4 Å². The molecule has 22 heavy (non-hydrogen) atoms. The summed E-state index contributed by atoms with van der Waals surface area (Å²) in [5, 5.41) is 0. The molecule has 120 valence electrons. The number of amides is 1. The molecular formula is C17H22FNO3. The smallest absolute Gasteiger partial charge is 0.433 e. The highest BCUT2D eigenvalue weighted by atomic mass is 19.1. The molecule has 1 amide bonds.